The van der Waals surface area contributed by atoms with Crippen molar-refractivity contribution in [1.29, 1.82) is 0 Å². The molecule has 96 valence electrons. The molecule has 1 aliphatic rings. The predicted molar refractivity (Wildman–Crippen MR) is 77.5 cm³/mol. The van der Waals surface area contributed by atoms with Crippen LogP contribution in [-0.2, 0) is 0 Å². The van der Waals surface area contributed by atoms with E-state index >= 15 is 0 Å². The maximum absolute atomic E-state index is 5.53. The van der Waals surface area contributed by atoms with Gasteiger partial charge in [-0.05, 0) is 41.9 Å². The molecule has 0 bridgehead atoms. The molecule has 0 spiro atoms. The molecule has 1 saturated carbocycles. The number of furan rings is 1. The summed E-state index contributed by atoms with van der Waals surface area (Å²) >= 11 is 5.62. The molecule has 1 unspecified atom stereocenters. The second-order valence-electron chi connectivity index (χ2n) is 4.57. The maximum atomic E-state index is 5.53. The van der Waals surface area contributed by atoms with E-state index in [0.29, 0.717) is 6.04 Å². The van der Waals surface area contributed by atoms with Crippen LogP contribution in [0.15, 0.2) is 21.2 Å². The van der Waals surface area contributed by atoms with Gasteiger partial charge in [0.1, 0.15) is 5.76 Å². The van der Waals surface area contributed by atoms with E-state index in [1.807, 2.05) is 13.1 Å². The van der Waals surface area contributed by atoms with Crippen molar-refractivity contribution in [3.8, 4) is 0 Å². The van der Waals surface area contributed by atoms with Crippen LogP contribution in [0.4, 0.5) is 0 Å². The molecule has 0 aromatic carbocycles. The SMILES string of the molecule is CNC(CSC1CCCCC1)c1occc1Br. The largest absolute Gasteiger partial charge is 0.466 e. The van der Waals surface area contributed by atoms with Crippen molar-refractivity contribution in [2.75, 3.05) is 12.8 Å². The van der Waals surface area contributed by atoms with Crippen molar-refractivity contribution < 1.29 is 4.42 Å². The number of halogens is 1. The van der Waals surface area contributed by atoms with E-state index in [2.05, 4.69) is 33.0 Å². The Labute approximate surface area is 116 Å². The minimum atomic E-state index is 0.311. The number of hydrogen-bond donors (Lipinski definition) is 1. The number of nitrogens with one attached hydrogen (secondary N) is 1. The van der Waals surface area contributed by atoms with Gasteiger partial charge in [0.2, 0.25) is 0 Å². The molecular weight excluding hydrogens is 298 g/mol. The Hall–Kier alpha value is 0.0700. The highest BCUT2D eigenvalue weighted by atomic mass is 79.9. The summed E-state index contributed by atoms with van der Waals surface area (Å²) in [7, 11) is 2.00. The monoisotopic (exact) mass is 317 g/mol. The van der Waals surface area contributed by atoms with Crippen LogP contribution in [0.2, 0.25) is 0 Å². The third-order valence-electron chi connectivity index (χ3n) is 3.36. The summed E-state index contributed by atoms with van der Waals surface area (Å²) < 4.78 is 6.60. The van der Waals surface area contributed by atoms with Crippen LogP contribution in [0.1, 0.15) is 43.9 Å². The quantitative estimate of drug-likeness (QED) is 0.873. The van der Waals surface area contributed by atoms with Crippen LogP contribution >= 0.6 is 27.7 Å². The Morgan fingerprint density at radius 2 is 2.24 bits per heavy atom. The molecule has 0 saturated heterocycles. The van der Waals surface area contributed by atoms with E-state index in [-0.39, 0.29) is 0 Å². The summed E-state index contributed by atoms with van der Waals surface area (Å²) in [5.74, 6) is 2.11. The third kappa shape index (κ3) is 3.76. The van der Waals surface area contributed by atoms with Gasteiger partial charge >= 0.3 is 0 Å². The highest BCUT2D eigenvalue weighted by molar-refractivity contribution is 9.10. The van der Waals surface area contributed by atoms with E-state index in [1.54, 1.807) is 6.26 Å². The molecular formula is C13H20BrNOS. The average molecular weight is 318 g/mol. The van der Waals surface area contributed by atoms with Gasteiger partial charge in [-0.15, -0.1) is 0 Å². The molecule has 0 radical (unpaired) electrons. The fraction of sp³-hybridized carbons (Fsp3) is 0.692. The summed E-state index contributed by atoms with van der Waals surface area (Å²) in [5.41, 5.74) is 0. The van der Waals surface area contributed by atoms with Crippen molar-refractivity contribution in [3.63, 3.8) is 0 Å². The topological polar surface area (TPSA) is 25.2 Å². The number of hydrogen-bond acceptors (Lipinski definition) is 3. The molecule has 0 aliphatic heterocycles. The van der Waals surface area contributed by atoms with Gasteiger partial charge in [0.05, 0.1) is 16.8 Å². The fourth-order valence-electron chi connectivity index (χ4n) is 2.31. The van der Waals surface area contributed by atoms with Gasteiger partial charge in [0, 0.05) is 11.0 Å². The first-order chi connectivity index (χ1) is 8.31. The lowest BCUT2D eigenvalue weighted by molar-refractivity contribution is 0.449. The highest BCUT2D eigenvalue weighted by Gasteiger charge is 2.20. The Morgan fingerprint density at radius 1 is 1.47 bits per heavy atom. The summed E-state index contributed by atoms with van der Waals surface area (Å²) in [6.07, 6.45) is 8.77. The summed E-state index contributed by atoms with van der Waals surface area (Å²) in [5, 5.41) is 4.20. The molecule has 1 fully saturated rings. The lowest BCUT2D eigenvalue weighted by Crippen LogP contribution is -2.20. The zero-order valence-electron chi connectivity index (χ0n) is 10.2. The van der Waals surface area contributed by atoms with Gasteiger partial charge in [-0.25, -0.2) is 0 Å². The van der Waals surface area contributed by atoms with E-state index in [9.17, 15) is 0 Å². The second-order valence-corrected chi connectivity index (χ2v) is 6.76. The second kappa shape index (κ2) is 6.86. The van der Waals surface area contributed by atoms with Crippen LogP contribution in [0.5, 0.6) is 0 Å². The molecule has 1 N–H and O–H groups in total. The molecule has 1 aliphatic carbocycles. The van der Waals surface area contributed by atoms with Crippen LogP contribution in [0.3, 0.4) is 0 Å². The average Bonchev–Trinajstić information content (AvgIpc) is 2.78. The Balaban J connectivity index is 1.85. The molecule has 17 heavy (non-hydrogen) atoms. The van der Waals surface area contributed by atoms with Crippen LogP contribution in [0.25, 0.3) is 0 Å². The Bertz CT molecular complexity index is 336. The minimum Gasteiger partial charge on any atom is -0.466 e. The lowest BCUT2D eigenvalue weighted by atomic mass is 10.0. The summed E-state index contributed by atoms with van der Waals surface area (Å²) in [6.45, 7) is 0. The maximum Gasteiger partial charge on any atom is 0.135 e. The molecule has 2 nitrogen and oxygen atoms in total. The number of rotatable bonds is 5. The standard InChI is InChI=1S/C13H20BrNOS/c1-15-12(13-11(14)7-8-16-13)9-17-10-5-3-2-4-6-10/h7-8,10,12,15H,2-6,9H2,1H3. The lowest BCUT2D eigenvalue weighted by Gasteiger charge is -2.23. The third-order valence-corrected chi connectivity index (χ3v) is 5.48. The molecule has 2 rings (SSSR count). The van der Waals surface area contributed by atoms with Crippen LogP contribution < -0.4 is 5.32 Å². The van der Waals surface area contributed by atoms with Crippen molar-refractivity contribution in [3.05, 3.63) is 22.6 Å². The van der Waals surface area contributed by atoms with Gasteiger partial charge in [-0.3, -0.25) is 0 Å². The first kappa shape index (κ1) is 13.5. The van der Waals surface area contributed by atoms with Gasteiger partial charge < -0.3 is 9.73 Å². The van der Waals surface area contributed by atoms with Crippen molar-refractivity contribution in [2.24, 2.45) is 0 Å². The van der Waals surface area contributed by atoms with Crippen molar-refractivity contribution >= 4 is 27.7 Å². The van der Waals surface area contributed by atoms with Gasteiger partial charge in [0.25, 0.3) is 0 Å². The highest BCUT2D eigenvalue weighted by Crippen LogP contribution is 2.32. The van der Waals surface area contributed by atoms with Gasteiger partial charge in [-0.1, -0.05) is 19.3 Å². The number of thioether (sulfide) groups is 1. The normalized spacial score (nSPS) is 19.4. The van der Waals surface area contributed by atoms with Gasteiger partial charge in [0.15, 0.2) is 0 Å². The zero-order chi connectivity index (χ0) is 12.1. The van der Waals surface area contributed by atoms with Crippen molar-refractivity contribution in [2.45, 2.75) is 43.4 Å². The van der Waals surface area contributed by atoms with Gasteiger partial charge in [-0.2, -0.15) is 11.8 Å². The fourth-order valence-corrected chi connectivity index (χ4v) is 4.24. The van der Waals surface area contributed by atoms with Crippen molar-refractivity contribution in [1.82, 2.24) is 5.32 Å². The minimum absolute atomic E-state index is 0.311. The van der Waals surface area contributed by atoms with Crippen LogP contribution in [0, 0.1) is 0 Å². The molecule has 0 amide bonds. The van der Waals surface area contributed by atoms with E-state index < -0.39 is 0 Å². The smallest absolute Gasteiger partial charge is 0.135 e. The van der Waals surface area contributed by atoms with E-state index in [4.69, 9.17) is 4.42 Å². The summed E-state index contributed by atoms with van der Waals surface area (Å²) in [4.78, 5) is 0. The Kier molecular flexibility index (Phi) is 5.45. The Morgan fingerprint density at radius 3 is 2.82 bits per heavy atom. The summed E-state index contributed by atoms with van der Waals surface area (Å²) in [6, 6.07) is 2.27. The molecule has 1 aromatic rings. The molecule has 1 atom stereocenters. The predicted octanol–water partition coefficient (Wildman–Crippen LogP) is 4.37. The molecule has 1 heterocycles. The first-order valence-electron chi connectivity index (χ1n) is 6.33. The molecule has 1 aromatic heterocycles. The van der Waals surface area contributed by atoms with E-state index in [0.717, 1.165) is 21.2 Å². The molecule has 4 heteroatoms. The van der Waals surface area contributed by atoms with Crippen LogP contribution in [-0.4, -0.2) is 18.1 Å². The first-order valence-corrected chi connectivity index (χ1v) is 8.17. The zero-order valence-corrected chi connectivity index (χ0v) is 12.6. The van der Waals surface area contributed by atoms with E-state index in [1.165, 1.54) is 32.1 Å².